The summed E-state index contributed by atoms with van der Waals surface area (Å²) in [6.45, 7) is 4.50. The summed E-state index contributed by atoms with van der Waals surface area (Å²) < 4.78 is 18.2. The third-order valence-electron chi connectivity index (χ3n) is 4.67. The van der Waals surface area contributed by atoms with Gasteiger partial charge in [-0.05, 0) is 62.9 Å². The fourth-order valence-corrected chi connectivity index (χ4v) is 3.30. The van der Waals surface area contributed by atoms with Crippen molar-refractivity contribution in [2.75, 3.05) is 25.0 Å². The molecule has 134 valence electrons. The van der Waals surface area contributed by atoms with Gasteiger partial charge in [0, 0.05) is 19.0 Å². The van der Waals surface area contributed by atoms with E-state index in [1.165, 1.54) is 6.07 Å². The lowest BCUT2D eigenvalue weighted by atomic mass is 9.90. The van der Waals surface area contributed by atoms with E-state index < -0.39 is 0 Å². The molecule has 1 aliphatic rings. The smallest absolute Gasteiger partial charge is 0.226 e. The SMILES string of the molecule is Cc1cc(NC(=O)CCN2CCC(Cc3cccc(F)c3)CC2)no1. The highest BCUT2D eigenvalue weighted by Gasteiger charge is 2.20. The fourth-order valence-electron chi connectivity index (χ4n) is 3.30. The molecular weight excluding hydrogens is 321 g/mol. The molecule has 0 radical (unpaired) electrons. The quantitative estimate of drug-likeness (QED) is 0.872. The number of carbonyl (C=O) groups is 1. The lowest BCUT2D eigenvalue weighted by Crippen LogP contribution is -2.36. The number of halogens is 1. The second kappa shape index (κ2) is 8.25. The highest BCUT2D eigenvalue weighted by atomic mass is 19.1. The van der Waals surface area contributed by atoms with Crippen molar-refractivity contribution in [2.45, 2.75) is 32.6 Å². The summed E-state index contributed by atoms with van der Waals surface area (Å²) in [7, 11) is 0. The van der Waals surface area contributed by atoms with Crippen LogP contribution in [0.3, 0.4) is 0 Å². The molecule has 1 aromatic heterocycles. The molecule has 1 aromatic carbocycles. The van der Waals surface area contributed by atoms with Crippen LogP contribution in [0.25, 0.3) is 0 Å². The van der Waals surface area contributed by atoms with Gasteiger partial charge >= 0.3 is 0 Å². The summed E-state index contributed by atoms with van der Waals surface area (Å²) >= 11 is 0. The van der Waals surface area contributed by atoms with Crippen molar-refractivity contribution in [1.29, 1.82) is 0 Å². The normalized spacial score (nSPS) is 16.1. The van der Waals surface area contributed by atoms with E-state index in [0.717, 1.165) is 44.5 Å². The number of hydrogen-bond donors (Lipinski definition) is 1. The van der Waals surface area contributed by atoms with E-state index in [9.17, 15) is 9.18 Å². The van der Waals surface area contributed by atoms with Crippen LogP contribution < -0.4 is 5.32 Å². The van der Waals surface area contributed by atoms with Gasteiger partial charge in [-0.2, -0.15) is 0 Å². The van der Waals surface area contributed by atoms with Gasteiger partial charge in [0.25, 0.3) is 0 Å². The molecule has 0 bridgehead atoms. The number of nitrogens with zero attached hydrogens (tertiary/aromatic N) is 2. The Morgan fingerprint density at radius 2 is 2.16 bits per heavy atom. The number of amides is 1. The molecule has 2 heterocycles. The zero-order chi connectivity index (χ0) is 17.6. The monoisotopic (exact) mass is 345 g/mol. The Bertz CT molecular complexity index is 708. The average molecular weight is 345 g/mol. The number of carbonyl (C=O) groups excluding carboxylic acids is 1. The van der Waals surface area contributed by atoms with Crippen molar-refractivity contribution in [3.05, 3.63) is 47.5 Å². The first-order chi connectivity index (χ1) is 12.1. The molecule has 3 rings (SSSR count). The fraction of sp³-hybridized carbons (Fsp3) is 0.474. The van der Waals surface area contributed by atoms with Crippen LogP contribution in [-0.2, 0) is 11.2 Å². The molecule has 6 heteroatoms. The zero-order valence-electron chi connectivity index (χ0n) is 14.5. The molecule has 0 unspecified atom stereocenters. The van der Waals surface area contributed by atoms with E-state index >= 15 is 0 Å². The standard InChI is InChI=1S/C19H24FN3O2/c1-14-11-18(22-25-14)21-19(24)7-10-23-8-5-15(6-9-23)12-16-3-2-4-17(20)13-16/h2-4,11,13,15H,5-10,12H2,1H3,(H,21,22,24). The summed E-state index contributed by atoms with van der Waals surface area (Å²) in [5.41, 5.74) is 1.07. The van der Waals surface area contributed by atoms with Crippen LogP contribution >= 0.6 is 0 Å². The predicted octanol–water partition coefficient (Wildman–Crippen LogP) is 3.41. The van der Waals surface area contributed by atoms with Crippen molar-refractivity contribution in [1.82, 2.24) is 10.1 Å². The summed E-state index contributed by atoms with van der Waals surface area (Å²) in [5, 5.41) is 6.50. The molecule has 0 saturated carbocycles. The Morgan fingerprint density at radius 1 is 1.36 bits per heavy atom. The van der Waals surface area contributed by atoms with Crippen molar-refractivity contribution < 1.29 is 13.7 Å². The number of aryl methyl sites for hydroxylation is 1. The maximum absolute atomic E-state index is 13.3. The Labute approximate surface area is 147 Å². The Balaban J connectivity index is 1.37. The van der Waals surface area contributed by atoms with Gasteiger partial charge in [0.1, 0.15) is 11.6 Å². The first kappa shape index (κ1) is 17.6. The minimum atomic E-state index is -0.164. The predicted molar refractivity (Wildman–Crippen MR) is 93.8 cm³/mol. The summed E-state index contributed by atoms with van der Waals surface area (Å²) in [6, 6.07) is 8.58. The van der Waals surface area contributed by atoms with E-state index in [1.54, 1.807) is 25.1 Å². The van der Waals surface area contributed by atoms with Gasteiger partial charge in [-0.1, -0.05) is 17.3 Å². The van der Waals surface area contributed by atoms with E-state index in [2.05, 4.69) is 15.4 Å². The van der Waals surface area contributed by atoms with Gasteiger partial charge in [-0.15, -0.1) is 0 Å². The second-order valence-corrected chi connectivity index (χ2v) is 6.74. The number of hydrogen-bond acceptors (Lipinski definition) is 4. The Hall–Kier alpha value is -2.21. The van der Waals surface area contributed by atoms with Crippen molar-refractivity contribution >= 4 is 11.7 Å². The maximum atomic E-state index is 13.3. The molecule has 0 spiro atoms. The van der Waals surface area contributed by atoms with Crippen LogP contribution in [-0.4, -0.2) is 35.6 Å². The van der Waals surface area contributed by atoms with Crippen LogP contribution in [0.5, 0.6) is 0 Å². The molecule has 1 N–H and O–H groups in total. The van der Waals surface area contributed by atoms with Crippen LogP contribution in [0.4, 0.5) is 10.2 Å². The highest BCUT2D eigenvalue weighted by molar-refractivity contribution is 5.89. The molecule has 5 nitrogen and oxygen atoms in total. The molecule has 1 saturated heterocycles. The first-order valence-electron chi connectivity index (χ1n) is 8.78. The third-order valence-corrected chi connectivity index (χ3v) is 4.67. The molecule has 0 aliphatic carbocycles. The number of rotatable bonds is 6. The van der Waals surface area contributed by atoms with Gasteiger partial charge in [-0.3, -0.25) is 4.79 Å². The van der Waals surface area contributed by atoms with Gasteiger partial charge in [0.15, 0.2) is 5.82 Å². The number of benzene rings is 1. The van der Waals surface area contributed by atoms with E-state index in [0.29, 0.717) is 23.9 Å². The molecule has 0 atom stereocenters. The van der Waals surface area contributed by atoms with E-state index in [4.69, 9.17) is 4.52 Å². The Morgan fingerprint density at radius 3 is 2.84 bits per heavy atom. The largest absolute Gasteiger partial charge is 0.360 e. The minimum Gasteiger partial charge on any atom is -0.360 e. The van der Waals surface area contributed by atoms with Crippen LogP contribution in [0.15, 0.2) is 34.9 Å². The van der Waals surface area contributed by atoms with Crippen LogP contribution in [0, 0.1) is 18.7 Å². The molecule has 25 heavy (non-hydrogen) atoms. The molecule has 1 fully saturated rings. The summed E-state index contributed by atoms with van der Waals surface area (Å²) in [5.74, 6) is 1.52. The number of anilines is 1. The average Bonchev–Trinajstić information content (AvgIpc) is 2.99. The van der Waals surface area contributed by atoms with Crippen LogP contribution in [0.1, 0.15) is 30.6 Å². The zero-order valence-corrected chi connectivity index (χ0v) is 14.5. The lowest BCUT2D eigenvalue weighted by Gasteiger charge is -2.31. The lowest BCUT2D eigenvalue weighted by molar-refractivity contribution is -0.116. The van der Waals surface area contributed by atoms with Gasteiger partial charge in [0.2, 0.25) is 5.91 Å². The number of aromatic nitrogens is 1. The molecular formula is C19H24FN3O2. The second-order valence-electron chi connectivity index (χ2n) is 6.74. The summed E-state index contributed by atoms with van der Waals surface area (Å²) in [4.78, 5) is 14.3. The minimum absolute atomic E-state index is 0.0461. The highest BCUT2D eigenvalue weighted by Crippen LogP contribution is 2.22. The number of piperidine rings is 1. The van der Waals surface area contributed by atoms with Gasteiger partial charge < -0.3 is 14.7 Å². The number of likely N-dealkylation sites (tertiary alicyclic amines) is 1. The first-order valence-corrected chi connectivity index (χ1v) is 8.78. The van der Waals surface area contributed by atoms with E-state index in [1.807, 2.05) is 6.07 Å². The van der Waals surface area contributed by atoms with Crippen molar-refractivity contribution in [3.63, 3.8) is 0 Å². The Kier molecular flexibility index (Phi) is 5.81. The number of nitrogens with one attached hydrogen (secondary N) is 1. The maximum Gasteiger partial charge on any atom is 0.226 e. The molecule has 1 aliphatic heterocycles. The van der Waals surface area contributed by atoms with Crippen LogP contribution in [0.2, 0.25) is 0 Å². The third kappa shape index (κ3) is 5.39. The summed E-state index contributed by atoms with van der Waals surface area (Å²) in [6.07, 6.45) is 3.54. The van der Waals surface area contributed by atoms with E-state index in [-0.39, 0.29) is 11.7 Å². The molecule has 1 amide bonds. The topological polar surface area (TPSA) is 58.4 Å². The molecule has 2 aromatic rings. The van der Waals surface area contributed by atoms with Gasteiger partial charge in [0.05, 0.1) is 0 Å². The van der Waals surface area contributed by atoms with Crippen molar-refractivity contribution in [2.24, 2.45) is 5.92 Å². The van der Waals surface area contributed by atoms with Gasteiger partial charge in [-0.25, -0.2) is 4.39 Å². The van der Waals surface area contributed by atoms with Crippen molar-refractivity contribution in [3.8, 4) is 0 Å².